The lowest BCUT2D eigenvalue weighted by molar-refractivity contribution is 0.342. The highest BCUT2D eigenvalue weighted by molar-refractivity contribution is 7.85. The molecule has 0 bridgehead atoms. The number of nitrogens with zero attached hydrogens (tertiary/aromatic N) is 5. The Balaban J connectivity index is 0.000000256. The quantitative estimate of drug-likeness (QED) is 0.661. The molecule has 0 unspecified atom stereocenters. The Kier molecular flexibility index (Phi) is 5.77. The molecule has 0 amide bonds. The van der Waals surface area contributed by atoms with E-state index in [0.717, 1.165) is 6.26 Å². The van der Waals surface area contributed by atoms with Crippen LogP contribution in [-0.2, 0) is 14.3 Å². The molecule has 8 nitrogen and oxygen atoms in total. The fourth-order valence-corrected chi connectivity index (χ4v) is 2.22. The number of halogens is 1. The second-order valence-electron chi connectivity index (χ2n) is 4.54. The normalized spacial score (nSPS) is 11.0. The van der Waals surface area contributed by atoms with E-state index in [4.69, 9.17) is 0 Å². The Morgan fingerprint density at radius 2 is 2.00 bits per heavy atom. The predicted octanol–water partition coefficient (Wildman–Crippen LogP) is 1.57. The molecule has 0 spiro atoms. The molecule has 1 aromatic carbocycles. The first-order valence-corrected chi connectivity index (χ1v) is 8.73. The molecule has 3 rings (SSSR count). The summed E-state index contributed by atoms with van der Waals surface area (Å²) < 4.78 is 41.1. The Morgan fingerprint density at radius 1 is 1.21 bits per heavy atom. The summed E-state index contributed by atoms with van der Waals surface area (Å²) in [6, 6.07) is 6.55. The molecule has 2 heterocycles. The summed E-state index contributed by atoms with van der Waals surface area (Å²) in [5.74, 6) is -0.360. The van der Waals surface area contributed by atoms with Crippen molar-refractivity contribution in [3.63, 3.8) is 0 Å². The van der Waals surface area contributed by atoms with Crippen LogP contribution in [0.25, 0.3) is 11.4 Å². The van der Waals surface area contributed by atoms with Gasteiger partial charge in [0.05, 0.1) is 30.9 Å². The average molecular weight is 353 g/mol. The molecule has 10 heteroatoms. The van der Waals surface area contributed by atoms with E-state index in [1.807, 2.05) is 0 Å². The first-order valence-electron chi connectivity index (χ1n) is 6.91. The zero-order valence-corrected chi connectivity index (χ0v) is 13.9. The van der Waals surface area contributed by atoms with Crippen molar-refractivity contribution in [2.75, 3.05) is 12.9 Å². The summed E-state index contributed by atoms with van der Waals surface area (Å²) in [5, 5.41) is 11.5. The molecule has 0 saturated carbocycles. The van der Waals surface area contributed by atoms with Crippen LogP contribution in [0, 0.1) is 5.82 Å². The van der Waals surface area contributed by atoms with Crippen LogP contribution in [0.3, 0.4) is 0 Å². The first-order chi connectivity index (χ1) is 11.4. The molecule has 3 aromatic rings. The van der Waals surface area contributed by atoms with Crippen LogP contribution < -0.4 is 0 Å². The van der Waals surface area contributed by atoms with Gasteiger partial charge in [0.25, 0.3) is 10.1 Å². The van der Waals surface area contributed by atoms with Crippen molar-refractivity contribution in [1.82, 2.24) is 24.8 Å². The van der Waals surface area contributed by atoms with Crippen LogP contribution in [0.2, 0.25) is 0 Å². The van der Waals surface area contributed by atoms with Crippen molar-refractivity contribution >= 4 is 10.1 Å². The van der Waals surface area contributed by atoms with Gasteiger partial charge in [0.1, 0.15) is 5.69 Å². The van der Waals surface area contributed by atoms with Gasteiger partial charge in [-0.25, -0.2) is 13.8 Å². The van der Waals surface area contributed by atoms with Gasteiger partial charge in [0.15, 0.2) is 5.82 Å². The number of hydrogen-bond acceptors (Lipinski definition) is 6. The van der Waals surface area contributed by atoms with Gasteiger partial charge in [-0.2, -0.15) is 13.5 Å². The van der Waals surface area contributed by atoms with Gasteiger partial charge in [-0.1, -0.05) is 5.21 Å². The summed E-state index contributed by atoms with van der Waals surface area (Å²) in [4.78, 5) is 0. The zero-order chi connectivity index (χ0) is 17.6. The lowest BCUT2D eigenvalue weighted by Gasteiger charge is -2.05. The van der Waals surface area contributed by atoms with Gasteiger partial charge in [0.2, 0.25) is 0 Å². The largest absolute Gasteiger partial charge is 0.271 e. The number of rotatable bonds is 4. The molecule has 0 atom stereocenters. The van der Waals surface area contributed by atoms with Gasteiger partial charge >= 0.3 is 0 Å². The van der Waals surface area contributed by atoms with E-state index >= 15 is 0 Å². The van der Waals surface area contributed by atoms with Gasteiger partial charge in [-0.3, -0.25) is 4.18 Å². The standard InChI is InChI=1S/C11H8FN5.C3H8O3S/c12-10-8-9(16-7-5-13-15-16)2-3-11(10)17-6-1-4-14-17;1-3-6-7(2,4)5/h1-8H;3H2,1-2H3. The molecule has 128 valence electrons. The summed E-state index contributed by atoms with van der Waals surface area (Å²) >= 11 is 0. The van der Waals surface area contributed by atoms with Crippen LogP contribution in [-0.4, -0.2) is 46.1 Å². The minimum atomic E-state index is -3.17. The topological polar surface area (TPSA) is 91.9 Å². The van der Waals surface area contributed by atoms with Crippen molar-refractivity contribution < 1.29 is 17.0 Å². The molecular formula is C14H16FN5O3S. The zero-order valence-electron chi connectivity index (χ0n) is 13.1. The van der Waals surface area contributed by atoms with E-state index in [1.165, 1.54) is 15.4 Å². The van der Waals surface area contributed by atoms with Crippen molar-refractivity contribution in [3.8, 4) is 11.4 Å². The van der Waals surface area contributed by atoms with Crippen molar-refractivity contribution in [3.05, 3.63) is 54.9 Å². The maximum atomic E-state index is 13.9. The third-order valence-corrected chi connectivity index (χ3v) is 3.37. The second-order valence-corrected chi connectivity index (χ2v) is 6.19. The van der Waals surface area contributed by atoms with Gasteiger partial charge in [0, 0.05) is 18.5 Å². The molecule has 0 aliphatic rings. The third kappa shape index (κ3) is 4.96. The summed E-state index contributed by atoms with van der Waals surface area (Å²) in [6.07, 6.45) is 7.51. The molecule has 0 saturated heterocycles. The molecule has 0 aliphatic heterocycles. The SMILES string of the molecule is CCOS(C)(=O)=O.Fc1cc(-n2ccnn2)ccc1-n1cccn1. The van der Waals surface area contributed by atoms with E-state index in [9.17, 15) is 12.8 Å². The van der Waals surface area contributed by atoms with E-state index < -0.39 is 10.1 Å². The number of benzene rings is 1. The summed E-state index contributed by atoms with van der Waals surface area (Å²) in [5.41, 5.74) is 1.02. The lowest BCUT2D eigenvalue weighted by atomic mass is 10.2. The average Bonchev–Trinajstić information content (AvgIpc) is 3.20. The third-order valence-electron chi connectivity index (χ3n) is 2.70. The van der Waals surface area contributed by atoms with Crippen molar-refractivity contribution in [2.45, 2.75) is 6.92 Å². The molecule has 0 fully saturated rings. The maximum absolute atomic E-state index is 13.9. The fourth-order valence-electron chi connectivity index (χ4n) is 1.80. The maximum Gasteiger partial charge on any atom is 0.264 e. The van der Waals surface area contributed by atoms with E-state index in [2.05, 4.69) is 19.6 Å². The molecule has 24 heavy (non-hydrogen) atoms. The Bertz CT molecular complexity index is 864. The highest BCUT2D eigenvalue weighted by Crippen LogP contribution is 2.16. The van der Waals surface area contributed by atoms with Gasteiger partial charge < -0.3 is 0 Å². The van der Waals surface area contributed by atoms with Crippen molar-refractivity contribution in [1.29, 1.82) is 0 Å². The summed E-state index contributed by atoms with van der Waals surface area (Å²) in [6.45, 7) is 1.85. The Hall–Kier alpha value is -2.59. The van der Waals surface area contributed by atoms with Crippen LogP contribution in [0.15, 0.2) is 49.1 Å². The van der Waals surface area contributed by atoms with Crippen LogP contribution in [0.4, 0.5) is 4.39 Å². The first kappa shape index (κ1) is 17.8. The van der Waals surface area contributed by atoms with E-state index in [0.29, 0.717) is 11.4 Å². The molecular weight excluding hydrogens is 337 g/mol. The highest BCUT2D eigenvalue weighted by Gasteiger charge is 2.07. The van der Waals surface area contributed by atoms with E-state index in [1.54, 1.807) is 49.9 Å². The molecule has 2 aromatic heterocycles. The Morgan fingerprint density at radius 3 is 2.46 bits per heavy atom. The fraction of sp³-hybridized carbons (Fsp3) is 0.214. The minimum absolute atomic E-state index is 0.221. The van der Waals surface area contributed by atoms with E-state index in [-0.39, 0.29) is 12.4 Å². The highest BCUT2D eigenvalue weighted by atomic mass is 32.2. The minimum Gasteiger partial charge on any atom is -0.271 e. The second kappa shape index (κ2) is 7.79. The van der Waals surface area contributed by atoms with Gasteiger partial charge in [-0.15, -0.1) is 5.10 Å². The molecule has 0 N–H and O–H groups in total. The molecule has 0 radical (unpaired) electrons. The van der Waals surface area contributed by atoms with Gasteiger partial charge in [-0.05, 0) is 25.1 Å². The molecule has 0 aliphatic carbocycles. The van der Waals surface area contributed by atoms with Crippen LogP contribution in [0.1, 0.15) is 6.92 Å². The van der Waals surface area contributed by atoms with Crippen molar-refractivity contribution in [2.24, 2.45) is 0 Å². The Labute approximate surface area is 138 Å². The summed E-state index contributed by atoms with van der Waals surface area (Å²) in [7, 11) is -3.17. The predicted molar refractivity (Wildman–Crippen MR) is 84.9 cm³/mol. The number of hydrogen-bond donors (Lipinski definition) is 0. The van der Waals surface area contributed by atoms with Crippen LogP contribution >= 0.6 is 0 Å². The lowest BCUT2D eigenvalue weighted by Crippen LogP contribution is -2.01. The van der Waals surface area contributed by atoms with Crippen LogP contribution in [0.5, 0.6) is 0 Å². The smallest absolute Gasteiger partial charge is 0.264 e. The monoisotopic (exact) mass is 353 g/mol. The number of aromatic nitrogens is 5.